The maximum atomic E-state index is 13.2. The highest BCUT2D eigenvalue weighted by atomic mass is 35.5. The summed E-state index contributed by atoms with van der Waals surface area (Å²) in [7, 11) is -3.58. The number of hydrogen-bond acceptors (Lipinski definition) is 6. The minimum Gasteiger partial charge on any atom is -0.465 e. The van der Waals surface area contributed by atoms with E-state index < -0.39 is 21.1 Å². The van der Waals surface area contributed by atoms with Crippen molar-refractivity contribution in [3.8, 4) is 11.5 Å². The highest BCUT2D eigenvalue weighted by molar-refractivity contribution is 7.92. The molecule has 0 aliphatic carbocycles. The van der Waals surface area contributed by atoms with Crippen molar-refractivity contribution in [3.63, 3.8) is 0 Å². The number of ether oxygens (including phenoxy) is 2. The Balaban J connectivity index is 1.74. The normalized spacial score (nSPS) is 20.0. The third kappa shape index (κ3) is 5.14. The summed E-state index contributed by atoms with van der Waals surface area (Å²) in [4.78, 5) is 14.5. The molecule has 0 radical (unpaired) electrons. The average molecular weight is 452 g/mol. The molecule has 2 atom stereocenters. The first-order valence-electron chi connectivity index (χ1n) is 10.0. The molecule has 2 aromatic rings. The number of likely N-dealkylation sites (N-methyl/N-ethyl adjacent to an activating group) is 1. The summed E-state index contributed by atoms with van der Waals surface area (Å²) < 4.78 is 37.3. The van der Waals surface area contributed by atoms with Crippen LogP contribution in [0.1, 0.15) is 26.7 Å². The fourth-order valence-electron chi connectivity index (χ4n) is 3.65. The van der Waals surface area contributed by atoms with Crippen molar-refractivity contribution < 1.29 is 22.7 Å². The van der Waals surface area contributed by atoms with Gasteiger partial charge in [0.2, 0.25) is 0 Å². The van der Waals surface area contributed by atoms with Crippen LogP contribution in [0.3, 0.4) is 0 Å². The number of carbonyl (C=O) groups is 1. The van der Waals surface area contributed by atoms with Crippen LogP contribution in [-0.2, 0) is 19.4 Å². The number of nitrogens with zero attached hydrogens (tertiary/aromatic N) is 1. The Morgan fingerprint density at radius 1 is 1.07 bits per heavy atom. The molecular weight excluding hydrogens is 426 g/mol. The Kier molecular flexibility index (Phi) is 7.39. The fraction of sp³-hybridized carbons (Fsp3) is 0.409. The molecule has 0 bridgehead atoms. The Hall–Kier alpha value is -2.09. The topological polar surface area (TPSA) is 72.9 Å². The van der Waals surface area contributed by atoms with E-state index in [1.54, 1.807) is 55.5 Å². The molecule has 8 heteroatoms. The summed E-state index contributed by atoms with van der Waals surface area (Å²) in [5, 5.41) is -0.0169. The largest absolute Gasteiger partial charge is 0.465 e. The standard InChI is InChI=1S/C22H26ClNO5S/c1-3-24-14-13-20(15-21(24)22(25)28-4-2)30(26,27)19-11-9-18(10-12-19)29-17-7-5-16(23)6-8-17/h5-12,20-21H,3-4,13-15H2,1-2H3. The SMILES string of the molecule is CCOC(=O)C1CC(S(=O)(=O)c2ccc(Oc3ccc(Cl)cc3)cc2)CCN1CC. The van der Waals surface area contributed by atoms with Gasteiger partial charge in [-0.25, -0.2) is 8.42 Å². The number of sulfone groups is 1. The van der Waals surface area contributed by atoms with Crippen LogP contribution in [0.4, 0.5) is 0 Å². The summed E-state index contributed by atoms with van der Waals surface area (Å²) in [6.07, 6.45) is 0.715. The molecule has 6 nitrogen and oxygen atoms in total. The number of likely N-dealkylation sites (tertiary alicyclic amines) is 1. The summed E-state index contributed by atoms with van der Waals surface area (Å²) in [6, 6.07) is 12.7. The van der Waals surface area contributed by atoms with Gasteiger partial charge in [-0.05, 0) is 74.8 Å². The van der Waals surface area contributed by atoms with Gasteiger partial charge in [-0.3, -0.25) is 9.69 Å². The lowest BCUT2D eigenvalue weighted by Crippen LogP contribution is -2.50. The highest BCUT2D eigenvalue weighted by Gasteiger charge is 2.39. The van der Waals surface area contributed by atoms with Gasteiger partial charge in [-0.2, -0.15) is 0 Å². The van der Waals surface area contributed by atoms with Gasteiger partial charge in [0.1, 0.15) is 17.5 Å². The van der Waals surface area contributed by atoms with E-state index in [9.17, 15) is 13.2 Å². The molecule has 0 spiro atoms. The summed E-state index contributed by atoms with van der Waals surface area (Å²) in [6.45, 7) is 5.20. The molecule has 3 rings (SSSR count). The Morgan fingerprint density at radius 2 is 1.67 bits per heavy atom. The minimum atomic E-state index is -3.58. The van der Waals surface area contributed by atoms with E-state index in [0.717, 1.165) is 0 Å². The van der Waals surface area contributed by atoms with E-state index in [2.05, 4.69) is 0 Å². The molecule has 30 heavy (non-hydrogen) atoms. The first kappa shape index (κ1) is 22.6. The zero-order valence-corrected chi connectivity index (χ0v) is 18.7. The van der Waals surface area contributed by atoms with Crippen LogP contribution in [0.25, 0.3) is 0 Å². The van der Waals surface area contributed by atoms with Crippen molar-refractivity contribution in [2.75, 3.05) is 19.7 Å². The van der Waals surface area contributed by atoms with Crippen molar-refractivity contribution >= 4 is 27.4 Å². The third-order valence-corrected chi connectivity index (χ3v) is 7.76. The summed E-state index contributed by atoms with van der Waals surface area (Å²) >= 11 is 5.87. The zero-order chi connectivity index (χ0) is 21.7. The van der Waals surface area contributed by atoms with Crippen LogP contribution in [-0.4, -0.2) is 50.3 Å². The van der Waals surface area contributed by atoms with Gasteiger partial charge < -0.3 is 9.47 Å². The van der Waals surface area contributed by atoms with Crippen LogP contribution in [0.5, 0.6) is 11.5 Å². The average Bonchev–Trinajstić information content (AvgIpc) is 2.75. The van der Waals surface area contributed by atoms with Crippen LogP contribution in [0.2, 0.25) is 5.02 Å². The smallest absolute Gasteiger partial charge is 0.323 e. The third-order valence-electron chi connectivity index (χ3n) is 5.27. The molecule has 2 unspecified atom stereocenters. The van der Waals surface area contributed by atoms with Crippen LogP contribution >= 0.6 is 11.6 Å². The van der Waals surface area contributed by atoms with Gasteiger partial charge >= 0.3 is 5.97 Å². The lowest BCUT2D eigenvalue weighted by atomic mass is 10.0. The second kappa shape index (κ2) is 9.81. The van der Waals surface area contributed by atoms with Crippen LogP contribution in [0.15, 0.2) is 53.4 Å². The van der Waals surface area contributed by atoms with Gasteiger partial charge in [-0.1, -0.05) is 18.5 Å². The second-order valence-corrected chi connectivity index (χ2v) is 9.78. The maximum Gasteiger partial charge on any atom is 0.323 e. The number of piperidine rings is 1. The van der Waals surface area contributed by atoms with E-state index >= 15 is 0 Å². The van der Waals surface area contributed by atoms with Crippen molar-refractivity contribution in [3.05, 3.63) is 53.6 Å². The number of esters is 1. The molecule has 0 amide bonds. The molecule has 1 heterocycles. The quantitative estimate of drug-likeness (QED) is 0.583. The highest BCUT2D eigenvalue weighted by Crippen LogP contribution is 2.30. The molecule has 1 aliphatic rings. The summed E-state index contributed by atoms with van der Waals surface area (Å²) in [5.74, 6) is 0.784. The van der Waals surface area contributed by atoms with Gasteiger partial charge in [0.15, 0.2) is 9.84 Å². The molecule has 2 aromatic carbocycles. The molecule has 1 aliphatic heterocycles. The molecular formula is C22H26ClNO5S. The molecule has 162 valence electrons. The van der Waals surface area contributed by atoms with Crippen molar-refractivity contribution in [2.45, 2.75) is 42.9 Å². The van der Waals surface area contributed by atoms with Crippen molar-refractivity contribution in [2.24, 2.45) is 0 Å². The number of rotatable bonds is 7. The van der Waals surface area contributed by atoms with Crippen LogP contribution < -0.4 is 4.74 Å². The monoisotopic (exact) mass is 451 g/mol. The van der Waals surface area contributed by atoms with Gasteiger partial charge in [0.25, 0.3) is 0 Å². The lowest BCUT2D eigenvalue weighted by Gasteiger charge is -2.36. The molecule has 1 fully saturated rings. The Labute approximate surface area is 182 Å². The number of benzene rings is 2. The molecule has 0 aromatic heterocycles. The number of hydrogen-bond donors (Lipinski definition) is 0. The van der Waals surface area contributed by atoms with Gasteiger partial charge in [0.05, 0.1) is 16.8 Å². The first-order chi connectivity index (χ1) is 14.3. The number of carbonyl (C=O) groups excluding carboxylic acids is 1. The Bertz CT molecular complexity index is 960. The van der Waals surface area contributed by atoms with E-state index in [1.165, 1.54) is 0 Å². The first-order valence-corrected chi connectivity index (χ1v) is 12.0. The molecule has 1 saturated heterocycles. The van der Waals surface area contributed by atoms with E-state index in [0.29, 0.717) is 36.0 Å². The molecule has 0 N–H and O–H groups in total. The van der Waals surface area contributed by atoms with E-state index in [4.69, 9.17) is 21.1 Å². The Morgan fingerprint density at radius 3 is 2.23 bits per heavy atom. The van der Waals surface area contributed by atoms with Gasteiger partial charge in [0, 0.05) is 11.6 Å². The summed E-state index contributed by atoms with van der Waals surface area (Å²) in [5.41, 5.74) is 0. The lowest BCUT2D eigenvalue weighted by molar-refractivity contribution is -0.150. The van der Waals surface area contributed by atoms with Crippen LogP contribution in [0, 0.1) is 0 Å². The zero-order valence-electron chi connectivity index (χ0n) is 17.1. The fourth-order valence-corrected chi connectivity index (χ4v) is 5.53. The van der Waals surface area contributed by atoms with E-state index in [1.807, 2.05) is 11.8 Å². The van der Waals surface area contributed by atoms with Gasteiger partial charge in [-0.15, -0.1) is 0 Å². The predicted octanol–water partition coefficient (Wildman–Crippen LogP) is 4.32. The predicted molar refractivity (Wildman–Crippen MR) is 116 cm³/mol. The van der Waals surface area contributed by atoms with Crippen molar-refractivity contribution in [1.82, 2.24) is 4.90 Å². The number of halogens is 1. The second-order valence-electron chi connectivity index (χ2n) is 7.12. The van der Waals surface area contributed by atoms with Crippen molar-refractivity contribution in [1.29, 1.82) is 0 Å². The maximum absolute atomic E-state index is 13.2. The minimum absolute atomic E-state index is 0.225. The van der Waals surface area contributed by atoms with E-state index in [-0.39, 0.29) is 23.9 Å². The molecule has 0 saturated carbocycles.